The highest BCUT2D eigenvalue weighted by atomic mass is 32.2. The van der Waals surface area contributed by atoms with Crippen molar-refractivity contribution in [2.24, 2.45) is 5.92 Å². The largest absolute Gasteiger partial charge is 0.466 e. The van der Waals surface area contributed by atoms with Gasteiger partial charge in [-0.05, 0) is 38.8 Å². The van der Waals surface area contributed by atoms with Gasteiger partial charge in [0.1, 0.15) is 11.5 Å². The first kappa shape index (κ1) is 21.9. The summed E-state index contributed by atoms with van der Waals surface area (Å²) in [5, 5.41) is 2.51. The van der Waals surface area contributed by atoms with Crippen molar-refractivity contribution >= 4 is 33.3 Å². The number of esters is 1. The molecular weight excluding hydrogens is 384 g/mol. The molecule has 0 aliphatic carbocycles. The van der Waals surface area contributed by atoms with Crippen LogP contribution in [0.1, 0.15) is 25.3 Å². The summed E-state index contributed by atoms with van der Waals surface area (Å²) in [5.41, 5.74) is 1.50. The van der Waals surface area contributed by atoms with Crippen molar-refractivity contribution in [2.75, 3.05) is 36.5 Å². The molecule has 2 rings (SSSR count). The molecule has 1 unspecified atom stereocenters. The minimum Gasteiger partial charge on any atom is -0.466 e. The molecular formula is C19H26N2O6S. The number of nitrogens with one attached hydrogen (secondary N) is 1. The molecule has 0 aromatic heterocycles. The number of amides is 2. The maximum atomic E-state index is 12.4. The number of aryl methyl sites for hydroxylation is 1. The zero-order valence-corrected chi connectivity index (χ0v) is 17.0. The summed E-state index contributed by atoms with van der Waals surface area (Å²) in [6.45, 7) is 4.39. The van der Waals surface area contributed by atoms with Gasteiger partial charge in [-0.15, -0.1) is 0 Å². The first-order valence-corrected chi connectivity index (χ1v) is 11.0. The quantitative estimate of drug-likeness (QED) is 0.675. The highest BCUT2D eigenvalue weighted by Gasteiger charge is 2.31. The van der Waals surface area contributed by atoms with Gasteiger partial charge in [-0.1, -0.05) is 17.7 Å². The predicted octanol–water partition coefficient (Wildman–Crippen LogP) is 1.15. The van der Waals surface area contributed by atoms with Crippen LogP contribution < -0.4 is 5.32 Å². The number of hydrogen-bond acceptors (Lipinski definition) is 6. The zero-order chi connectivity index (χ0) is 20.7. The number of likely N-dealkylation sites (tertiary alicyclic amines) is 1. The minimum absolute atomic E-state index is 0.142. The van der Waals surface area contributed by atoms with Gasteiger partial charge in [0.2, 0.25) is 11.8 Å². The molecule has 1 aliphatic heterocycles. The molecule has 1 saturated heterocycles. The van der Waals surface area contributed by atoms with Crippen molar-refractivity contribution in [3.63, 3.8) is 0 Å². The number of rotatable bonds is 7. The molecule has 1 aromatic carbocycles. The van der Waals surface area contributed by atoms with Crippen LogP contribution in [0.5, 0.6) is 0 Å². The summed E-state index contributed by atoms with van der Waals surface area (Å²) < 4.78 is 29.5. The lowest BCUT2D eigenvalue weighted by Crippen LogP contribution is -2.45. The van der Waals surface area contributed by atoms with Crippen LogP contribution in [0.3, 0.4) is 0 Å². The number of carbonyl (C=O) groups is 3. The number of benzene rings is 1. The lowest BCUT2D eigenvalue weighted by molar-refractivity contribution is -0.151. The molecule has 8 nitrogen and oxygen atoms in total. The Labute approximate surface area is 165 Å². The number of anilines is 1. The Hall–Kier alpha value is -2.42. The molecule has 0 saturated carbocycles. The fraction of sp³-hybridized carbons (Fsp3) is 0.526. The van der Waals surface area contributed by atoms with Crippen LogP contribution in [0, 0.1) is 12.8 Å². The second-order valence-corrected chi connectivity index (χ2v) is 8.94. The summed E-state index contributed by atoms with van der Waals surface area (Å²) >= 11 is 0. The molecule has 0 radical (unpaired) electrons. The molecule has 0 bridgehead atoms. The third-order valence-corrected chi connectivity index (χ3v) is 5.81. The molecule has 1 aliphatic rings. The normalized spacial score (nSPS) is 17.1. The maximum absolute atomic E-state index is 12.4. The van der Waals surface area contributed by atoms with E-state index in [0.717, 1.165) is 5.56 Å². The van der Waals surface area contributed by atoms with E-state index in [9.17, 15) is 22.8 Å². The van der Waals surface area contributed by atoms with Crippen LogP contribution in [-0.4, -0.2) is 62.3 Å². The zero-order valence-electron chi connectivity index (χ0n) is 16.1. The lowest BCUT2D eigenvalue weighted by atomic mass is 9.98. The second-order valence-electron chi connectivity index (χ2n) is 6.88. The van der Waals surface area contributed by atoms with Crippen molar-refractivity contribution in [1.82, 2.24) is 4.90 Å². The number of sulfone groups is 1. The van der Waals surface area contributed by atoms with Gasteiger partial charge in [-0.3, -0.25) is 14.4 Å². The van der Waals surface area contributed by atoms with E-state index >= 15 is 0 Å². The van der Waals surface area contributed by atoms with Crippen LogP contribution in [0.15, 0.2) is 24.3 Å². The molecule has 0 spiro atoms. The van der Waals surface area contributed by atoms with Crippen molar-refractivity contribution in [1.29, 1.82) is 0 Å². The fourth-order valence-corrected chi connectivity index (χ4v) is 4.15. The Morgan fingerprint density at radius 2 is 1.86 bits per heavy atom. The summed E-state index contributed by atoms with van der Waals surface area (Å²) in [6.07, 6.45) is 1.21. The Morgan fingerprint density at radius 1 is 1.18 bits per heavy atom. The maximum Gasteiger partial charge on any atom is 0.310 e. The van der Waals surface area contributed by atoms with E-state index < -0.39 is 39.1 Å². The highest BCUT2D eigenvalue weighted by Crippen LogP contribution is 2.18. The van der Waals surface area contributed by atoms with E-state index in [1.165, 1.54) is 4.90 Å². The van der Waals surface area contributed by atoms with E-state index in [4.69, 9.17) is 4.74 Å². The smallest absolute Gasteiger partial charge is 0.310 e. The molecule has 1 fully saturated rings. The van der Waals surface area contributed by atoms with Crippen LogP contribution in [0.2, 0.25) is 0 Å². The Balaban J connectivity index is 1.89. The van der Waals surface area contributed by atoms with Crippen molar-refractivity contribution in [2.45, 2.75) is 26.7 Å². The van der Waals surface area contributed by atoms with E-state index in [-0.39, 0.29) is 19.1 Å². The van der Waals surface area contributed by atoms with E-state index in [0.29, 0.717) is 25.1 Å². The van der Waals surface area contributed by atoms with Crippen LogP contribution in [0.4, 0.5) is 5.69 Å². The Bertz CT molecular complexity index is 819. The SMILES string of the molecule is CCOC(=O)C1CCCN(C(=O)CS(=O)(=O)CC(=O)Nc2ccc(C)cc2)C1. The van der Waals surface area contributed by atoms with Gasteiger partial charge in [0, 0.05) is 18.8 Å². The van der Waals surface area contributed by atoms with Crippen molar-refractivity contribution in [3.8, 4) is 0 Å². The van der Waals surface area contributed by atoms with E-state index in [1.54, 1.807) is 31.2 Å². The summed E-state index contributed by atoms with van der Waals surface area (Å²) in [7, 11) is -3.93. The highest BCUT2D eigenvalue weighted by molar-refractivity contribution is 7.92. The van der Waals surface area contributed by atoms with Crippen molar-refractivity contribution < 1.29 is 27.5 Å². The van der Waals surface area contributed by atoms with Crippen LogP contribution in [-0.2, 0) is 29.0 Å². The molecule has 1 heterocycles. The predicted molar refractivity (Wildman–Crippen MR) is 104 cm³/mol. The van der Waals surface area contributed by atoms with Gasteiger partial charge < -0.3 is 15.0 Å². The molecule has 1 aromatic rings. The van der Waals surface area contributed by atoms with E-state index in [1.807, 2.05) is 6.92 Å². The average Bonchev–Trinajstić information content (AvgIpc) is 2.63. The summed E-state index contributed by atoms with van der Waals surface area (Å²) in [5.74, 6) is -3.65. The number of piperidine rings is 1. The molecule has 28 heavy (non-hydrogen) atoms. The first-order valence-electron chi connectivity index (χ1n) is 9.21. The molecule has 154 valence electrons. The summed E-state index contributed by atoms with van der Waals surface area (Å²) in [6, 6.07) is 6.94. The number of hydrogen-bond donors (Lipinski definition) is 1. The Kier molecular flexibility index (Phi) is 7.56. The average molecular weight is 410 g/mol. The van der Waals surface area contributed by atoms with Gasteiger partial charge in [0.25, 0.3) is 0 Å². The molecule has 2 amide bonds. The van der Waals surface area contributed by atoms with Gasteiger partial charge in [-0.25, -0.2) is 8.42 Å². The van der Waals surface area contributed by atoms with Gasteiger partial charge >= 0.3 is 5.97 Å². The van der Waals surface area contributed by atoms with Gasteiger partial charge in [0.15, 0.2) is 9.84 Å². The number of carbonyl (C=O) groups excluding carboxylic acids is 3. The first-order chi connectivity index (χ1) is 13.2. The third-order valence-electron chi connectivity index (χ3n) is 4.42. The topological polar surface area (TPSA) is 110 Å². The van der Waals surface area contributed by atoms with Crippen LogP contribution >= 0.6 is 0 Å². The van der Waals surface area contributed by atoms with Crippen molar-refractivity contribution in [3.05, 3.63) is 29.8 Å². The summed E-state index contributed by atoms with van der Waals surface area (Å²) in [4.78, 5) is 37.6. The number of ether oxygens (including phenoxy) is 1. The van der Waals surface area contributed by atoms with Gasteiger partial charge in [0.05, 0.1) is 12.5 Å². The van der Waals surface area contributed by atoms with E-state index in [2.05, 4.69) is 5.32 Å². The lowest BCUT2D eigenvalue weighted by Gasteiger charge is -2.31. The standard InChI is InChI=1S/C19H26N2O6S/c1-3-27-19(24)15-5-4-10-21(11-15)18(23)13-28(25,26)12-17(22)20-16-8-6-14(2)7-9-16/h6-9,15H,3-5,10-13H2,1-2H3,(H,20,22). The molecule has 1 atom stereocenters. The second kappa shape index (κ2) is 9.68. The molecule has 1 N–H and O–H groups in total. The monoisotopic (exact) mass is 410 g/mol. The van der Waals surface area contributed by atoms with Crippen LogP contribution in [0.25, 0.3) is 0 Å². The number of nitrogens with zero attached hydrogens (tertiary/aromatic N) is 1. The fourth-order valence-electron chi connectivity index (χ4n) is 3.02. The molecule has 9 heteroatoms. The minimum atomic E-state index is -3.93. The third kappa shape index (κ3) is 6.63. The Morgan fingerprint density at radius 3 is 2.50 bits per heavy atom. The van der Waals surface area contributed by atoms with Gasteiger partial charge in [-0.2, -0.15) is 0 Å².